The van der Waals surface area contributed by atoms with Gasteiger partial charge in [-0.25, -0.2) is 9.78 Å². The number of hydrogen-bond acceptors (Lipinski definition) is 4. The summed E-state index contributed by atoms with van der Waals surface area (Å²) in [6.07, 6.45) is 0. The third kappa shape index (κ3) is 2.62. The molecule has 2 aromatic heterocycles. The molecule has 0 saturated heterocycles. The molecule has 5 heteroatoms. The highest BCUT2D eigenvalue weighted by molar-refractivity contribution is 7.15. The van der Waals surface area contributed by atoms with Crippen LogP contribution in [0.25, 0.3) is 21.1 Å². The van der Waals surface area contributed by atoms with Crippen LogP contribution in [0.4, 0.5) is 0 Å². The number of thiophene rings is 1. The van der Waals surface area contributed by atoms with Gasteiger partial charge in [-0.2, -0.15) is 0 Å². The number of aromatic carboxylic acids is 1. The van der Waals surface area contributed by atoms with Crippen molar-refractivity contribution in [3.63, 3.8) is 0 Å². The largest absolute Gasteiger partial charge is 0.478 e. The van der Waals surface area contributed by atoms with E-state index in [-0.39, 0.29) is 0 Å². The molecule has 0 fully saturated rings. The Bertz CT molecular complexity index is 817. The monoisotopic (exact) mass is 315 g/mol. The second-order valence-electron chi connectivity index (χ2n) is 4.79. The van der Waals surface area contributed by atoms with Crippen LogP contribution in [-0.2, 0) is 0 Å². The highest BCUT2D eigenvalue weighted by Crippen LogP contribution is 2.34. The fourth-order valence-corrected chi connectivity index (χ4v) is 3.90. The number of benzene rings is 1. The summed E-state index contributed by atoms with van der Waals surface area (Å²) in [5.74, 6) is -0.900. The van der Waals surface area contributed by atoms with Crippen molar-refractivity contribution in [1.82, 2.24) is 4.98 Å². The van der Waals surface area contributed by atoms with Gasteiger partial charge in [0.1, 0.15) is 5.01 Å². The fraction of sp³-hybridized carbons (Fsp3) is 0.125. The highest BCUT2D eigenvalue weighted by Gasteiger charge is 2.13. The Hall–Kier alpha value is -1.98. The Balaban J connectivity index is 1.99. The van der Waals surface area contributed by atoms with Crippen LogP contribution in [0.15, 0.2) is 35.0 Å². The molecular formula is C16H13NO2S2. The molecule has 0 radical (unpaired) electrons. The predicted octanol–water partition coefficient (Wildman–Crippen LogP) is 4.85. The zero-order valence-electron chi connectivity index (χ0n) is 11.6. The summed E-state index contributed by atoms with van der Waals surface area (Å²) < 4.78 is 0. The van der Waals surface area contributed by atoms with Crippen molar-refractivity contribution in [2.45, 2.75) is 13.8 Å². The van der Waals surface area contributed by atoms with E-state index in [9.17, 15) is 4.79 Å². The van der Waals surface area contributed by atoms with Crippen LogP contribution in [0.3, 0.4) is 0 Å². The van der Waals surface area contributed by atoms with Gasteiger partial charge in [0.05, 0.1) is 16.1 Å². The lowest BCUT2D eigenvalue weighted by Gasteiger charge is -2.04. The van der Waals surface area contributed by atoms with Gasteiger partial charge in [-0.05, 0) is 31.0 Å². The van der Waals surface area contributed by atoms with Gasteiger partial charge in [0, 0.05) is 16.3 Å². The lowest BCUT2D eigenvalue weighted by Crippen LogP contribution is -1.91. The Morgan fingerprint density at radius 3 is 2.71 bits per heavy atom. The Morgan fingerprint density at radius 2 is 2.00 bits per heavy atom. The molecule has 0 unspecified atom stereocenters. The van der Waals surface area contributed by atoms with Gasteiger partial charge in [0.15, 0.2) is 0 Å². The number of aromatic nitrogens is 1. The van der Waals surface area contributed by atoms with Crippen LogP contribution in [0.1, 0.15) is 21.5 Å². The summed E-state index contributed by atoms with van der Waals surface area (Å²) in [7, 11) is 0. The van der Waals surface area contributed by atoms with Gasteiger partial charge in [0.2, 0.25) is 0 Å². The van der Waals surface area contributed by atoms with Crippen molar-refractivity contribution in [3.8, 4) is 21.1 Å². The zero-order valence-corrected chi connectivity index (χ0v) is 13.2. The summed E-state index contributed by atoms with van der Waals surface area (Å²) >= 11 is 3.00. The molecule has 3 aromatic rings. The number of carboxylic acids is 1. The van der Waals surface area contributed by atoms with Crippen molar-refractivity contribution in [3.05, 3.63) is 51.7 Å². The number of aryl methyl sites for hydroxylation is 1. The maximum Gasteiger partial charge on any atom is 0.336 e. The molecule has 106 valence electrons. The van der Waals surface area contributed by atoms with Crippen molar-refractivity contribution >= 4 is 28.6 Å². The van der Waals surface area contributed by atoms with Gasteiger partial charge in [-0.3, -0.25) is 0 Å². The number of hydrogen-bond donors (Lipinski definition) is 1. The van der Waals surface area contributed by atoms with E-state index < -0.39 is 5.97 Å². The number of thiazole rings is 1. The van der Waals surface area contributed by atoms with Crippen LogP contribution >= 0.6 is 22.7 Å². The first kappa shape index (κ1) is 14.0. The third-order valence-corrected chi connectivity index (χ3v) is 5.27. The summed E-state index contributed by atoms with van der Waals surface area (Å²) in [5, 5.41) is 13.6. The fourth-order valence-electron chi connectivity index (χ4n) is 2.08. The molecule has 0 bridgehead atoms. The standard InChI is InChI=1S/C16H13NO2S2/c1-9-4-3-5-12(10(9)2)15-17-13(8-21-15)14-6-11(7-20-14)16(18)19/h3-8H,1-2H3,(H,18,19). The van der Waals surface area contributed by atoms with E-state index in [1.54, 1.807) is 22.8 Å². The second-order valence-corrected chi connectivity index (χ2v) is 6.56. The zero-order chi connectivity index (χ0) is 15.0. The number of carboxylic acid groups (broad SMARTS) is 1. The van der Waals surface area contributed by atoms with Gasteiger partial charge < -0.3 is 5.11 Å². The van der Waals surface area contributed by atoms with E-state index in [1.165, 1.54) is 22.5 Å². The number of nitrogens with zero attached hydrogens (tertiary/aromatic N) is 1. The lowest BCUT2D eigenvalue weighted by atomic mass is 10.0. The minimum absolute atomic E-state index is 0.316. The molecule has 1 aromatic carbocycles. The first-order chi connectivity index (χ1) is 10.1. The van der Waals surface area contributed by atoms with Crippen molar-refractivity contribution < 1.29 is 9.90 Å². The molecule has 3 rings (SSSR count). The molecule has 3 nitrogen and oxygen atoms in total. The summed E-state index contributed by atoms with van der Waals surface area (Å²) in [6.45, 7) is 4.19. The highest BCUT2D eigenvalue weighted by atomic mass is 32.1. The molecule has 1 N–H and O–H groups in total. The van der Waals surface area contributed by atoms with E-state index in [0.29, 0.717) is 5.56 Å². The smallest absolute Gasteiger partial charge is 0.336 e. The first-order valence-corrected chi connectivity index (χ1v) is 8.16. The van der Waals surface area contributed by atoms with Gasteiger partial charge in [-0.1, -0.05) is 18.2 Å². The Kier molecular flexibility index (Phi) is 3.61. The number of rotatable bonds is 3. The molecule has 0 atom stereocenters. The molecule has 2 heterocycles. The topological polar surface area (TPSA) is 50.2 Å². The van der Waals surface area contributed by atoms with Crippen LogP contribution in [0, 0.1) is 13.8 Å². The SMILES string of the molecule is Cc1cccc(-c2nc(-c3cc(C(=O)O)cs3)cs2)c1C. The Morgan fingerprint density at radius 1 is 1.19 bits per heavy atom. The second kappa shape index (κ2) is 5.42. The molecular weight excluding hydrogens is 302 g/mol. The van der Waals surface area contributed by atoms with E-state index in [4.69, 9.17) is 5.11 Å². The maximum absolute atomic E-state index is 10.9. The molecule has 0 aliphatic rings. The quantitative estimate of drug-likeness (QED) is 0.751. The van der Waals surface area contributed by atoms with Crippen LogP contribution in [0.2, 0.25) is 0 Å². The maximum atomic E-state index is 10.9. The van der Waals surface area contributed by atoms with Crippen molar-refractivity contribution in [2.24, 2.45) is 0 Å². The predicted molar refractivity (Wildman–Crippen MR) is 87.3 cm³/mol. The molecule has 0 saturated carbocycles. The summed E-state index contributed by atoms with van der Waals surface area (Å²) in [6, 6.07) is 7.87. The summed E-state index contributed by atoms with van der Waals surface area (Å²) in [4.78, 5) is 16.5. The van der Waals surface area contributed by atoms with Crippen molar-refractivity contribution in [1.29, 1.82) is 0 Å². The third-order valence-electron chi connectivity index (χ3n) is 3.44. The molecule has 0 amide bonds. The van der Waals surface area contributed by atoms with E-state index in [0.717, 1.165) is 21.1 Å². The number of carbonyl (C=O) groups is 1. The summed E-state index contributed by atoms with van der Waals surface area (Å²) in [5.41, 5.74) is 4.77. The normalized spacial score (nSPS) is 10.8. The first-order valence-electron chi connectivity index (χ1n) is 6.40. The average molecular weight is 315 g/mol. The van der Waals surface area contributed by atoms with Crippen molar-refractivity contribution in [2.75, 3.05) is 0 Å². The molecule has 0 aliphatic heterocycles. The average Bonchev–Trinajstić information content (AvgIpc) is 3.09. The van der Waals surface area contributed by atoms with Gasteiger partial charge in [-0.15, -0.1) is 22.7 Å². The lowest BCUT2D eigenvalue weighted by molar-refractivity contribution is 0.0697. The van der Waals surface area contributed by atoms with E-state index >= 15 is 0 Å². The van der Waals surface area contributed by atoms with Gasteiger partial charge >= 0.3 is 5.97 Å². The molecule has 0 aliphatic carbocycles. The van der Waals surface area contributed by atoms with E-state index in [1.807, 2.05) is 11.4 Å². The van der Waals surface area contributed by atoms with Crippen LogP contribution < -0.4 is 0 Å². The van der Waals surface area contributed by atoms with Crippen LogP contribution in [-0.4, -0.2) is 16.1 Å². The van der Waals surface area contributed by atoms with Crippen LogP contribution in [0.5, 0.6) is 0 Å². The molecule has 21 heavy (non-hydrogen) atoms. The Labute approximate surface area is 130 Å². The molecule has 0 spiro atoms. The minimum Gasteiger partial charge on any atom is -0.478 e. The minimum atomic E-state index is -0.900. The van der Waals surface area contributed by atoms with E-state index in [2.05, 4.69) is 31.0 Å². The van der Waals surface area contributed by atoms with Gasteiger partial charge in [0.25, 0.3) is 0 Å².